The summed E-state index contributed by atoms with van der Waals surface area (Å²) in [4.78, 5) is 0. The molecule has 0 saturated carbocycles. The van der Waals surface area contributed by atoms with E-state index in [0.717, 1.165) is 25.8 Å². The van der Waals surface area contributed by atoms with Crippen molar-refractivity contribution in [3.63, 3.8) is 0 Å². The lowest BCUT2D eigenvalue weighted by Gasteiger charge is -2.12. The molecular weight excluding hydrogens is 186 g/mol. The summed E-state index contributed by atoms with van der Waals surface area (Å²) in [7, 11) is 0. The van der Waals surface area contributed by atoms with Crippen LogP contribution in [-0.4, -0.2) is 23.8 Å². The second kappa shape index (κ2) is 4.77. The lowest BCUT2D eigenvalue weighted by Crippen LogP contribution is -2.31. The van der Waals surface area contributed by atoms with E-state index in [-0.39, 0.29) is 6.10 Å². The molecule has 0 spiro atoms. The second-order valence-electron chi connectivity index (χ2n) is 4.47. The first kappa shape index (κ1) is 10.7. The third-order valence-corrected chi connectivity index (χ3v) is 3.05. The van der Waals surface area contributed by atoms with Crippen molar-refractivity contribution in [3.05, 3.63) is 35.4 Å². The Bertz CT molecular complexity index is 297. The number of aliphatic hydroxyl groups is 1. The van der Waals surface area contributed by atoms with Crippen LogP contribution in [-0.2, 0) is 12.8 Å². The van der Waals surface area contributed by atoms with E-state index in [2.05, 4.69) is 29.6 Å². The Morgan fingerprint density at radius 2 is 1.93 bits per heavy atom. The van der Waals surface area contributed by atoms with Crippen molar-refractivity contribution in [2.75, 3.05) is 6.54 Å². The molecule has 82 valence electrons. The van der Waals surface area contributed by atoms with Gasteiger partial charge < -0.3 is 10.4 Å². The Labute approximate surface area is 91.3 Å². The normalized spacial score (nSPS) is 17.7. The molecule has 0 aromatic heterocycles. The number of hydrogen-bond acceptors (Lipinski definition) is 2. The number of aliphatic hydroxyl groups excluding tert-OH is 1. The molecule has 1 aromatic carbocycles. The fourth-order valence-electron chi connectivity index (χ4n) is 2.20. The Morgan fingerprint density at radius 3 is 2.47 bits per heavy atom. The molecule has 1 aromatic rings. The fraction of sp³-hybridized carbons (Fsp3) is 0.538. The van der Waals surface area contributed by atoms with Crippen LogP contribution in [0.5, 0.6) is 0 Å². The highest BCUT2D eigenvalue weighted by atomic mass is 16.3. The Balaban J connectivity index is 1.80. The van der Waals surface area contributed by atoms with Crippen molar-refractivity contribution in [1.82, 2.24) is 5.32 Å². The van der Waals surface area contributed by atoms with Crippen molar-refractivity contribution in [1.29, 1.82) is 0 Å². The van der Waals surface area contributed by atoms with Gasteiger partial charge in [0.15, 0.2) is 0 Å². The highest BCUT2D eigenvalue weighted by molar-refractivity contribution is 5.33. The first-order chi connectivity index (χ1) is 7.25. The molecule has 1 aliphatic rings. The van der Waals surface area contributed by atoms with Gasteiger partial charge in [0, 0.05) is 6.04 Å². The molecule has 1 atom stereocenters. The molecule has 2 heteroatoms. The van der Waals surface area contributed by atoms with E-state index in [4.69, 9.17) is 5.11 Å². The zero-order valence-corrected chi connectivity index (χ0v) is 9.24. The van der Waals surface area contributed by atoms with Gasteiger partial charge in [0.1, 0.15) is 0 Å². The van der Waals surface area contributed by atoms with Gasteiger partial charge in [0.25, 0.3) is 0 Å². The molecule has 2 N–H and O–H groups in total. The first-order valence-corrected chi connectivity index (χ1v) is 5.74. The third kappa shape index (κ3) is 2.80. The van der Waals surface area contributed by atoms with Crippen LogP contribution in [0.3, 0.4) is 0 Å². The standard InChI is InChI=1S/C13H19NO/c1-10(15)6-7-14-13-8-11-4-2-3-5-12(11)9-13/h2-5,10,13-15H,6-9H2,1H3/t10-/m0/s1. The van der Waals surface area contributed by atoms with Crippen LogP contribution in [0.4, 0.5) is 0 Å². The zero-order valence-electron chi connectivity index (χ0n) is 9.24. The fourth-order valence-corrected chi connectivity index (χ4v) is 2.20. The highest BCUT2D eigenvalue weighted by Crippen LogP contribution is 2.21. The average Bonchev–Trinajstić information content (AvgIpc) is 2.59. The molecule has 0 bridgehead atoms. The van der Waals surface area contributed by atoms with Gasteiger partial charge in [0.2, 0.25) is 0 Å². The Kier molecular flexibility index (Phi) is 3.39. The summed E-state index contributed by atoms with van der Waals surface area (Å²) in [6, 6.07) is 9.21. The highest BCUT2D eigenvalue weighted by Gasteiger charge is 2.19. The third-order valence-electron chi connectivity index (χ3n) is 3.05. The molecule has 15 heavy (non-hydrogen) atoms. The van der Waals surface area contributed by atoms with Crippen molar-refractivity contribution in [2.45, 2.75) is 38.3 Å². The van der Waals surface area contributed by atoms with Gasteiger partial charge in [-0.15, -0.1) is 0 Å². The maximum absolute atomic E-state index is 9.16. The maximum Gasteiger partial charge on any atom is 0.0524 e. The van der Waals surface area contributed by atoms with Crippen LogP contribution in [0.2, 0.25) is 0 Å². The molecule has 0 aliphatic heterocycles. The summed E-state index contributed by atoms with van der Waals surface area (Å²) in [5.74, 6) is 0. The van der Waals surface area contributed by atoms with E-state index in [1.165, 1.54) is 11.1 Å². The number of rotatable bonds is 4. The van der Waals surface area contributed by atoms with Gasteiger partial charge in [0.05, 0.1) is 6.10 Å². The summed E-state index contributed by atoms with van der Waals surface area (Å²) in [6.45, 7) is 2.75. The smallest absolute Gasteiger partial charge is 0.0524 e. The Hall–Kier alpha value is -0.860. The topological polar surface area (TPSA) is 32.3 Å². The minimum Gasteiger partial charge on any atom is -0.393 e. The number of benzene rings is 1. The van der Waals surface area contributed by atoms with E-state index in [9.17, 15) is 0 Å². The summed E-state index contributed by atoms with van der Waals surface area (Å²) in [6.07, 6.45) is 2.92. The monoisotopic (exact) mass is 205 g/mol. The summed E-state index contributed by atoms with van der Waals surface area (Å²) in [5.41, 5.74) is 2.96. The molecule has 0 saturated heterocycles. The van der Waals surface area contributed by atoms with Crippen LogP contribution in [0.15, 0.2) is 24.3 Å². The van der Waals surface area contributed by atoms with E-state index in [1.54, 1.807) is 0 Å². The van der Waals surface area contributed by atoms with Gasteiger partial charge >= 0.3 is 0 Å². The summed E-state index contributed by atoms with van der Waals surface area (Å²) < 4.78 is 0. The van der Waals surface area contributed by atoms with E-state index in [1.807, 2.05) is 6.92 Å². The van der Waals surface area contributed by atoms with Crippen LogP contribution >= 0.6 is 0 Å². The summed E-state index contributed by atoms with van der Waals surface area (Å²) >= 11 is 0. The van der Waals surface area contributed by atoms with E-state index < -0.39 is 0 Å². The van der Waals surface area contributed by atoms with E-state index in [0.29, 0.717) is 6.04 Å². The molecule has 0 radical (unpaired) electrons. The minimum atomic E-state index is -0.193. The maximum atomic E-state index is 9.16. The average molecular weight is 205 g/mol. The molecule has 1 aliphatic carbocycles. The molecule has 0 heterocycles. The largest absolute Gasteiger partial charge is 0.393 e. The number of nitrogens with one attached hydrogen (secondary N) is 1. The van der Waals surface area contributed by atoms with Crippen molar-refractivity contribution in [3.8, 4) is 0 Å². The van der Waals surface area contributed by atoms with Gasteiger partial charge in [-0.2, -0.15) is 0 Å². The molecule has 0 amide bonds. The van der Waals surface area contributed by atoms with Crippen LogP contribution < -0.4 is 5.32 Å². The van der Waals surface area contributed by atoms with Crippen LogP contribution in [0.1, 0.15) is 24.5 Å². The van der Waals surface area contributed by atoms with Gasteiger partial charge in [-0.3, -0.25) is 0 Å². The minimum absolute atomic E-state index is 0.193. The lowest BCUT2D eigenvalue weighted by atomic mass is 10.1. The molecular formula is C13H19NO. The molecule has 2 nitrogen and oxygen atoms in total. The SMILES string of the molecule is C[C@H](O)CCNC1Cc2ccccc2C1. The number of fused-ring (bicyclic) bond motifs is 1. The lowest BCUT2D eigenvalue weighted by molar-refractivity contribution is 0.182. The van der Waals surface area contributed by atoms with Crippen LogP contribution in [0.25, 0.3) is 0 Å². The number of hydrogen-bond donors (Lipinski definition) is 2. The zero-order chi connectivity index (χ0) is 10.7. The van der Waals surface area contributed by atoms with Crippen molar-refractivity contribution >= 4 is 0 Å². The van der Waals surface area contributed by atoms with Gasteiger partial charge in [-0.25, -0.2) is 0 Å². The summed E-state index contributed by atoms with van der Waals surface area (Å²) in [5, 5.41) is 12.7. The van der Waals surface area contributed by atoms with E-state index >= 15 is 0 Å². The molecule has 0 fully saturated rings. The first-order valence-electron chi connectivity index (χ1n) is 5.74. The van der Waals surface area contributed by atoms with Crippen molar-refractivity contribution in [2.24, 2.45) is 0 Å². The quantitative estimate of drug-likeness (QED) is 0.781. The Morgan fingerprint density at radius 1 is 1.33 bits per heavy atom. The van der Waals surface area contributed by atoms with Crippen molar-refractivity contribution < 1.29 is 5.11 Å². The van der Waals surface area contributed by atoms with Gasteiger partial charge in [-0.1, -0.05) is 24.3 Å². The van der Waals surface area contributed by atoms with Gasteiger partial charge in [-0.05, 0) is 43.9 Å². The predicted octanol–water partition coefficient (Wildman–Crippen LogP) is 1.51. The molecule has 0 unspecified atom stereocenters. The van der Waals surface area contributed by atoms with Crippen LogP contribution in [0, 0.1) is 0 Å². The second-order valence-corrected chi connectivity index (χ2v) is 4.47. The predicted molar refractivity (Wildman–Crippen MR) is 61.9 cm³/mol. The molecule has 2 rings (SSSR count).